The van der Waals surface area contributed by atoms with Crippen molar-refractivity contribution in [3.63, 3.8) is 0 Å². The number of benzene rings is 1. The molecule has 1 rings (SSSR count). The average Bonchev–Trinajstić information content (AvgIpc) is 2.22. The SMILES string of the molecule is CC(CCCl)NC(=O)c1ccc(Cl)c(F)c1. The van der Waals surface area contributed by atoms with Gasteiger partial charge in [-0.25, -0.2) is 4.39 Å². The van der Waals surface area contributed by atoms with Crippen LogP contribution in [0, 0.1) is 5.82 Å². The first-order chi connectivity index (χ1) is 7.54. The topological polar surface area (TPSA) is 29.1 Å². The molecule has 0 aliphatic rings. The molecular weight excluding hydrogens is 252 g/mol. The van der Waals surface area contributed by atoms with E-state index >= 15 is 0 Å². The van der Waals surface area contributed by atoms with Gasteiger partial charge in [-0.15, -0.1) is 11.6 Å². The average molecular weight is 264 g/mol. The van der Waals surface area contributed by atoms with E-state index in [4.69, 9.17) is 23.2 Å². The molecule has 0 aliphatic carbocycles. The summed E-state index contributed by atoms with van der Waals surface area (Å²) in [6.45, 7) is 1.84. The zero-order chi connectivity index (χ0) is 12.1. The van der Waals surface area contributed by atoms with E-state index in [0.717, 1.165) is 6.07 Å². The Bertz CT molecular complexity index is 384. The lowest BCUT2D eigenvalue weighted by atomic mass is 10.2. The van der Waals surface area contributed by atoms with Gasteiger partial charge >= 0.3 is 0 Å². The Morgan fingerprint density at radius 3 is 2.81 bits per heavy atom. The fourth-order valence-electron chi connectivity index (χ4n) is 1.18. The molecule has 0 radical (unpaired) electrons. The van der Waals surface area contributed by atoms with Gasteiger partial charge in [0, 0.05) is 17.5 Å². The van der Waals surface area contributed by atoms with Gasteiger partial charge in [0.2, 0.25) is 0 Å². The summed E-state index contributed by atoms with van der Waals surface area (Å²) in [6.07, 6.45) is 0.670. The molecular formula is C11H12Cl2FNO. The Morgan fingerprint density at radius 2 is 2.25 bits per heavy atom. The minimum Gasteiger partial charge on any atom is -0.350 e. The van der Waals surface area contributed by atoms with Gasteiger partial charge in [-0.05, 0) is 31.5 Å². The smallest absolute Gasteiger partial charge is 0.251 e. The van der Waals surface area contributed by atoms with Crippen LogP contribution in [0.2, 0.25) is 5.02 Å². The van der Waals surface area contributed by atoms with Crippen LogP contribution >= 0.6 is 23.2 Å². The summed E-state index contributed by atoms with van der Waals surface area (Å²) in [5.74, 6) is -0.455. The molecule has 1 amide bonds. The van der Waals surface area contributed by atoms with Crippen molar-refractivity contribution in [1.82, 2.24) is 5.32 Å². The highest BCUT2D eigenvalue weighted by Crippen LogP contribution is 2.15. The van der Waals surface area contributed by atoms with Crippen molar-refractivity contribution in [3.05, 3.63) is 34.6 Å². The Balaban J connectivity index is 2.69. The lowest BCUT2D eigenvalue weighted by Gasteiger charge is -2.12. The highest BCUT2D eigenvalue weighted by molar-refractivity contribution is 6.30. The molecule has 1 N–H and O–H groups in total. The molecule has 0 heterocycles. The number of nitrogens with one attached hydrogen (secondary N) is 1. The first-order valence-corrected chi connectivity index (χ1v) is 5.77. The monoisotopic (exact) mass is 263 g/mol. The van der Waals surface area contributed by atoms with Gasteiger partial charge in [-0.3, -0.25) is 4.79 Å². The minimum absolute atomic E-state index is 0.00496. The normalized spacial score (nSPS) is 12.2. The molecule has 0 saturated carbocycles. The third-order valence-electron chi connectivity index (χ3n) is 2.10. The number of alkyl halides is 1. The summed E-state index contributed by atoms with van der Waals surface area (Å²) in [5.41, 5.74) is 0.253. The Hall–Kier alpha value is -0.800. The zero-order valence-corrected chi connectivity index (χ0v) is 10.3. The van der Waals surface area contributed by atoms with E-state index in [1.54, 1.807) is 0 Å². The second-order valence-electron chi connectivity index (χ2n) is 3.48. The molecule has 0 fully saturated rings. The van der Waals surface area contributed by atoms with Crippen molar-refractivity contribution in [1.29, 1.82) is 0 Å². The van der Waals surface area contributed by atoms with Crippen LogP contribution in [0.1, 0.15) is 23.7 Å². The lowest BCUT2D eigenvalue weighted by Crippen LogP contribution is -2.32. The molecule has 0 saturated heterocycles. The molecule has 1 aromatic carbocycles. The van der Waals surface area contributed by atoms with Gasteiger partial charge in [0.15, 0.2) is 0 Å². The van der Waals surface area contributed by atoms with Crippen LogP contribution in [0.25, 0.3) is 0 Å². The maximum Gasteiger partial charge on any atom is 0.251 e. The number of hydrogen-bond acceptors (Lipinski definition) is 1. The molecule has 16 heavy (non-hydrogen) atoms. The first-order valence-electron chi connectivity index (χ1n) is 4.86. The van der Waals surface area contributed by atoms with Crippen LogP contribution in [0.4, 0.5) is 4.39 Å². The number of amides is 1. The van der Waals surface area contributed by atoms with E-state index in [1.807, 2.05) is 6.92 Å². The molecule has 1 aromatic rings. The van der Waals surface area contributed by atoms with Crippen LogP contribution < -0.4 is 5.32 Å². The van der Waals surface area contributed by atoms with Gasteiger partial charge in [-0.2, -0.15) is 0 Å². The quantitative estimate of drug-likeness (QED) is 0.831. The van der Waals surface area contributed by atoms with Gasteiger partial charge in [0.25, 0.3) is 5.91 Å². The van der Waals surface area contributed by atoms with Crippen molar-refractivity contribution >= 4 is 29.1 Å². The van der Waals surface area contributed by atoms with E-state index in [9.17, 15) is 9.18 Å². The van der Waals surface area contributed by atoms with Gasteiger partial charge < -0.3 is 5.32 Å². The number of halogens is 3. The summed E-state index contributed by atoms with van der Waals surface area (Å²) in [7, 11) is 0. The van der Waals surface area contributed by atoms with Gasteiger partial charge in [0.05, 0.1) is 5.02 Å². The summed E-state index contributed by atoms with van der Waals surface area (Å²) in [4.78, 5) is 11.6. The maximum atomic E-state index is 13.1. The first kappa shape index (κ1) is 13.3. The molecule has 0 bridgehead atoms. The number of carbonyl (C=O) groups is 1. The summed E-state index contributed by atoms with van der Waals surface area (Å²) in [6, 6.07) is 3.92. The predicted octanol–water partition coefficient (Wildman–Crippen LogP) is 3.23. The Labute approximate surface area is 104 Å². The summed E-state index contributed by atoms with van der Waals surface area (Å²) in [5, 5.41) is 2.72. The maximum absolute atomic E-state index is 13.1. The van der Waals surface area contributed by atoms with E-state index in [0.29, 0.717) is 12.3 Å². The summed E-state index contributed by atoms with van der Waals surface area (Å²) >= 11 is 11.1. The largest absolute Gasteiger partial charge is 0.350 e. The molecule has 0 aromatic heterocycles. The van der Waals surface area contributed by atoms with Crippen LogP contribution in [0.15, 0.2) is 18.2 Å². The molecule has 5 heteroatoms. The highest BCUT2D eigenvalue weighted by atomic mass is 35.5. The third-order valence-corrected chi connectivity index (χ3v) is 2.63. The third kappa shape index (κ3) is 3.65. The van der Waals surface area contributed by atoms with Crippen LogP contribution in [-0.2, 0) is 0 Å². The van der Waals surface area contributed by atoms with Crippen molar-refractivity contribution in [3.8, 4) is 0 Å². The summed E-state index contributed by atoms with van der Waals surface area (Å²) < 4.78 is 13.1. The van der Waals surface area contributed by atoms with Crippen molar-refractivity contribution < 1.29 is 9.18 Å². The standard InChI is InChI=1S/C11H12Cl2FNO/c1-7(4-5-12)15-11(16)8-2-3-9(13)10(14)6-8/h2-3,6-7H,4-5H2,1H3,(H,15,16). The second kappa shape index (κ2) is 6.06. The zero-order valence-electron chi connectivity index (χ0n) is 8.77. The Kier molecular flexibility index (Phi) is 5.03. The molecule has 1 atom stereocenters. The molecule has 1 unspecified atom stereocenters. The highest BCUT2D eigenvalue weighted by Gasteiger charge is 2.11. The van der Waals surface area contributed by atoms with Crippen molar-refractivity contribution in [2.75, 3.05) is 5.88 Å². The second-order valence-corrected chi connectivity index (χ2v) is 4.27. The van der Waals surface area contributed by atoms with Crippen molar-refractivity contribution in [2.24, 2.45) is 0 Å². The van der Waals surface area contributed by atoms with Crippen LogP contribution in [-0.4, -0.2) is 17.8 Å². The molecule has 0 spiro atoms. The molecule has 2 nitrogen and oxygen atoms in total. The van der Waals surface area contributed by atoms with Crippen LogP contribution in [0.5, 0.6) is 0 Å². The predicted molar refractivity (Wildman–Crippen MR) is 63.7 cm³/mol. The minimum atomic E-state index is -0.598. The fraction of sp³-hybridized carbons (Fsp3) is 0.364. The van der Waals surface area contributed by atoms with E-state index in [2.05, 4.69) is 5.32 Å². The molecule has 0 aliphatic heterocycles. The fourth-order valence-corrected chi connectivity index (χ4v) is 1.63. The van der Waals surface area contributed by atoms with Gasteiger partial charge in [-0.1, -0.05) is 11.6 Å². The van der Waals surface area contributed by atoms with E-state index in [1.165, 1.54) is 12.1 Å². The van der Waals surface area contributed by atoms with Crippen LogP contribution in [0.3, 0.4) is 0 Å². The van der Waals surface area contributed by atoms with Crippen molar-refractivity contribution in [2.45, 2.75) is 19.4 Å². The van der Waals surface area contributed by atoms with E-state index in [-0.39, 0.29) is 22.5 Å². The van der Waals surface area contributed by atoms with E-state index < -0.39 is 5.82 Å². The molecule has 88 valence electrons. The Morgan fingerprint density at radius 1 is 1.56 bits per heavy atom. The lowest BCUT2D eigenvalue weighted by molar-refractivity contribution is 0.0939. The number of hydrogen-bond donors (Lipinski definition) is 1. The number of carbonyl (C=O) groups excluding carboxylic acids is 1. The van der Waals surface area contributed by atoms with Gasteiger partial charge in [0.1, 0.15) is 5.82 Å². The number of rotatable bonds is 4.